The van der Waals surface area contributed by atoms with E-state index in [4.69, 9.17) is 9.15 Å². The Kier molecular flexibility index (Phi) is 8.15. The van der Waals surface area contributed by atoms with Gasteiger partial charge in [-0.3, -0.25) is 4.79 Å². The molecule has 0 aliphatic rings. The molecule has 6 heteroatoms. The zero-order valence-corrected chi connectivity index (χ0v) is 17.7. The van der Waals surface area contributed by atoms with Gasteiger partial charge in [-0.15, -0.1) is 10.2 Å². The standard InChI is InChI=1S/C24H29N3O3/c1-3-4-17-27(18-19-11-7-5-8-12-19)22(28)16-15-21-25-26-24(30-21)23(29-2)20-13-9-6-10-14-20/h5-14,23H,3-4,15-18H2,1-2H3/t23-/m0/s1. The van der Waals surface area contributed by atoms with Crippen molar-refractivity contribution in [3.05, 3.63) is 83.6 Å². The molecular weight excluding hydrogens is 378 g/mol. The van der Waals surface area contributed by atoms with Crippen LogP contribution in [-0.4, -0.2) is 34.7 Å². The monoisotopic (exact) mass is 407 g/mol. The highest BCUT2D eigenvalue weighted by atomic mass is 16.5. The topological polar surface area (TPSA) is 68.5 Å². The minimum absolute atomic E-state index is 0.0957. The number of nitrogens with zero attached hydrogens (tertiary/aromatic N) is 3. The van der Waals surface area contributed by atoms with Crippen molar-refractivity contribution in [2.45, 2.75) is 45.3 Å². The van der Waals surface area contributed by atoms with Crippen LogP contribution in [0.2, 0.25) is 0 Å². The first-order chi connectivity index (χ1) is 14.7. The van der Waals surface area contributed by atoms with E-state index >= 15 is 0 Å². The van der Waals surface area contributed by atoms with E-state index in [1.807, 2.05) is 65.6 Å². The lowest BCUT2D eigenvalue weighted by Gasteiger charge is -2.22. The minimum Gasteiger partial charge on any atom is -0.422 e. The quantitative estimate of drug-likeness (QED) is 0.466. The molecule has 30 heavy (non-hydrogen) atoms. The maximum absolute atomic E-state index is 12.9. The Balaban J connectivity index is 1.61. The van der Waals surface area contributed by atoms with Crippen molar-refractivity contribution >= 4 is 5.91 Å². The van der Waals surface area contributed by atoms with Gasteiger partial charge in [0.2, 0.25) is 17.7 Å². The lowest BCUT2D eigenvalue weighted by molar-refractivity contribution is -0.132. The Bertz CT molecular complexity index is 896. The zero-order chi connectivity index (χ0) is 21.2. The first-order valence-electron chi connectivity index (χ1n) is 10.4. The van der Waals surface area contributed by atoms with E-state index in [9.17, 15) is 4.79 Å². The highest BCUT2D eigenvalue weighted by molar-refractivity contribution is 5.76. The second-order valence-electron chi connectivity index (χ2n) is 7.21. The molecule has 0 radical (unpaired) electrons. The maximum atomic E-state index is 12.9. The molecule has 0 spiro atoms. The van der Waals surface area contributed by atoms with E-state index in [1.165, 1.54) is 0 Å². The average Bonchev–Trinajstić information content (AvgIpc) is 3.25. The summed E-state index contributed by atoms with van der Waals surface area (Å²) in [5.74, 6) is 0.947. The van der Waals surface area contributed by atoms with Crippen molar-refractivity contribution in [3.8, 4) is 0 Å². The van der Waals surface area contributed by atoms with Crippen molar-refractivity contribution in [2.75, 3.05) is 13.7 Å². The number of unbranched alkanes of at least 4 members (excludes halogenated alkanes) is 1. The molecule has 0 aliphatic carbocycles. The molecule has 1 aromatic heterocycles. The zero-order valence-electron chi connectivity index (χ0n) is 17.7. The lowest BCUT2D eigenvalue weighted by Crippen LogP contribution is -2.31. The average molecular weight is 408 g/mol. The highest BCUT2D eigenvalue weighted by Gasteiger charge is 2.21. The Morgan fingerprint density at radius 2 is 1.77 bits per heavy atom. The Hall–Kier alpha value is -2.99. The number of hydrogen-bond donors (Lipinski definition) is 0. The molecule has 1 atom stereocenters. The molecule has 6 nitrogen and oxygen atoms in total. The van der Waals surface area contributed by atoms with Crippen molar-refractivity contribution < 1.29 is 13.9 Å². The van der Waals surface area contributed by atoms with Crippen LogP contribution in [-0.2, 0) is 22.5 Å². The molecule has 0 bridgehead atoms. The SMILES string of the molecule is CCCCN(Cc1ccccc1)C(=O)CCc1nnc([C@@H](OC)c2ccccc2)o1. The van der Waals surface area contributed by atoms with E-state index in [0.29, 0.717) is 31.2 Å². The van der Waals surface area contributed by atoms with Crippen LogP contribution in [0.1, 0.15) is 55.2 Å². The summed E-state index contributed by atoms with van der Waals surface area (Å²) >= 11 is 0. The van der Waals surface area contributed by atoms with Crippen LogP contribution in [0.4, 0.5) is 0 Å². The minimum atomic E-state index is -0.415. The summed E-state index contributed by atoms with van der Waals surface area (Å²) in [4.78, 5) is 14.8. The van der Waals surface area contributed by atoms with Gasteiger partial charge in [0.1, 0.15) is 0 Å². The summed E-state index contributed by atoms with van der Waals surface area (Å²) < 4.78 is 11.3. The number of carbonyl (C=O) groups excluding carboxylic acids is 1. The molecule has 3 aromatic rings. The third-order valence-corrected chi connectivity index (χ3v) is 4.95. The van der Waals surface area contributed by atoms with Crippen molar-refractivity contribution in [1.82, 2.24) is 15.1 Å². The highest BCUT2D eigenvalue weighted by Crippen LogP contribution is 2.24. The molecule has 1 amide bonds. The first kappa shape index (κ1) is 21.7. The van der Waals surface area contributed by atoms with Gasteiger partial charge in [-0.25, -0.2) is 0 Å². The normalized spacial score (nSPS) is 11.9. The van der Waals surface area contributed by atoms with Gasteiger partial charge in [-0.2, -0.15) is 0 Å². The number of amides is 1. The van der Waals surface area contributed by atoms with Crippen LogP contribution in [0.5, 0.6) is 0 Å². The van der Waals surface area contributed by atoms with Gasteiger partial charge in [-0.05, 0) is 17.5 Å². The fourth-order valence-corrected chi connectivity index (χ4v) is 3.30. The number of methoxy groups -OCH3 is 1. The number of hydrogen-bond acceptors (Lipinski definition) is 5. The number of carbonyl (C=O) groups is 1. The fraction of sp³-hybridized carbons (Fsp3) is 0.375. The summed E-state index contributed by atoms with van der Waals surface area (Å²) in [7, 11) is 1.61. The smallest absolute Gasteiger partial charge is 0.249 e. The van der Waals surface area contributed by atoms with Gasteiger partial charge in [0.15, 0.2) is 6.10 Å². The third kappa shape index (κ3) is 6.00. The summed E-state index contributed by atoms with van der Waals surface area (Å²) in [6, 6.07) is 19.8. The van der Waals surface area contributed by atoms with Crippen LogP contribution < -0.4 is 0 Å². The lowest BCUT2D eigenvalue weighted by atomic mass is 10.1. The van der Waals surface area contributed by atoms with Crippen LogP contribution in [0, 0.1) is 0 Å². The number of ether oxygens (including phenoxy) is 1. The predicted octanol–water partition coefficient (Wildman–Crippen LogP) is 4.57. The van der Waals surface area contributed by atoms with E-state index < -0.39 is 6.10 Å². The molecule has 158 valence electrons. The Morgan fingerprint density at radius 1 is 1.07 bits per heavy atom. The van der Waals surface area contributed by atoms with Crippen LogP contribution in [0.25, 0.3) is 0 Å². The second-order valence-corrected chi connectivity index (χ2v) is 7.21. The molecule has 2 aromatic carbocycles. The summed E-state index contributed by atoms with van der Waals surface area (Å²) in [5.41, 5.74) is 2.08. The molecule has 0 N–H and O–H groups in total. The van der Waals surface area contributed by atoms with Gasteiger partial charge in [0.05, 0.1) is 0 Å². The summed E-state index contributed by atoms with van der Waals surface area (Å²) in [5, 5.41) is 8.26. The molecule has 0 aliphatic heterocycles. The van der Waals surface area contributed by atoms with E-state index in [2.05, 4.69) is 17.1 Å². The Morgan fingerprint density at radius 3 is 2.43 bits per heavy atom. The fourth-order valence-electron chi connectivity index (χ4n) is 3.30. The molecule has 3 rings (SSSR count). The summed E-state index contributed by atoms with van der Waals surface area (Å²) in [6.07, 6.45) is 2.36. The summed E-state index contributed by atoms with van der Waals surface area (Å²) in [6.45, 7) is 3.50. The number of aryl methyl sites for hydroxylation is 1. The molecule has 0 saturated heterocycles. The first-order valence-corrected chi connectivity index (χ1v) is 10.4. The van der Waals surface area contributed by atoms with Crippen molar-refractivity contribution in [1.29, 1.82) is 0 Å². The maximum Gasteiger partial charge on any atom is 0.249 e. The van der Waals surface area contributed by atoms with Crippen LogP contribution in [0.15, 0.2) is 65.1 Å². The number of benzene rings is 2. The van der Waals surface area contributed by atoms with Crippen molar-refractivity contribution in [3.63, 3.8) is 0 Å². The molecule has 1 heterocycles. The van der Waals surface area contributed by atoms with Gasteiger partial charge < -0.3 is 14.1 Å². The predicted molar refractivity (Wildman–Crippen MR) is 115 cm³/mol. The van der Waals surface area contributed by atoms with E-state index in [-0.39, 0.29) is 5.91 Å². The van der Waals surface area contributed by atoms with Gasteiger partial charge >= 0.3 is 0 Å². The Labute approximate surface area is 177 Å². The number of rotatable bonds is 11. The van der Waals surface area contributed by atoms with Gasteiger partial charge in [0.25, 0.3) is 0 Å². The van der Waals surface area contributed by atoms with Gasteiger partial charge in [0, 0.05) is 33.0 Å². The molecule has 0 unspecified atom stereocenters. The van der Waals surface area contributed by atoms with E-state index in [0.717, 1.165) is 30.5 Å². The van der Waals surface area contributed by atoms with Crippen LogP contribution >= 0.6 is 0 Å². The number of aromatic nitrogens is 2. The molecular formula is C24H29N3O3. The molecule has 0 fully saturated rings. The largest absolute Gasteiger partial charge is 0.422 e. The van der Waals surface area contributed by atoms with Crippen LogP contribution in [0.3, 0.4) is 0 Å². The third-order valence-electron chi connectivity index (χ3n) is 4.95. The second kappa shape index (κ2) is 11.3. The van der Waals surface area contributed by atoms with Gasteiger partial charge in [-0.1, -0.05) is 74.0 Å². The molecule has 0 saturated carbocycles. The van der Waals surface area contributed by atoms with Crippen molar-refractivity contribution in [2.24, 2.45) is 0 Å². The van der Waals surface area contributed by atoms with E-state index in [1.54, 1.807) is 7.11 Å².